The smallest absolute Gasteiger partial charge is 0.321 e. The van der Waals surface area contributed by atoms with E-state index in [1.807, 2.05) is 32.0 Å². The molecule has 1 N–H and O–H groups in total. The fourth-order valence-electron chi connectivity index (χ4n) is 3.20. The van der Waals surface area contributed by atoms with Gasteiger partial charge in [-0.3, -0.25) is 9.69 Å². The van der Waals surface area contributed by atoms with Crippen molar-refractivity contribution in [1.82, 2.24) is 4.90 Å². The van der Waals surface area contributed by atoms with Gasteiger partial charge in [0.1, 0.15) is 6.04 Å². The summed E-state index contributed by atoms with van der Waals surface area (Å²) in [6.07, 6.45) is 1.04. The van der Waals surface area contributed by atoms with Crippen molar-refractivity contribution in [3.05, 3.63) is 35.9 Å². The van der Waals surface area contributed by atoms with Crippen molar-refractivity contribution >= 4 is 5.97 Å². The molecule has 1 aliphatic heterocycles. The van der Waals surface area contributed by atoms with Gasteiger partial charge in [0.2, 0.25) is 0 Å². The minimum absolute atomic E-state index is 0.119. The summed E-state index contributed by atoms with van der Waals surface area (Å²) in [5.74, 6) is -0.0372. The van der Waals surface area contributed by atoms with E-state index in [9.17, 15) is 9.90 Å². The summed E-state index contributed by atoms with van der Waals surface area (Å²) in [4.78, 5) is 13.7. The normalized spacial score (nSPS) is 25.7. The first kappa shape index (κ1) is 14.1. The number of hydrogen-bond acceptors (Lipinski definition) is 2. The van der Waals surface area contributed by atoms with E-state index in [0.29, 0.717) is 5.92 Å². The number of likely N-dealkylation sites (tertiary alicyclic amines) is 1. The molecule has 1 saturated heterocycles. The molecule has 1 aromatic carbocycles. The zero-order valence-electron chi connectivity index (χ0n) is 11.9. The van der Waals surface area contributed by atoms with Gasteiger partial charge in [0.15, 0.2) is 0 Å². The summed E-state index contributed by atoms with van der Waals surface area (Å²) in [5, 5.41) is 9.51. The molecule has 3 atom stereocenters. The van der Waals surface area contributed by atoms with Crippen molar-refractivity contribution < 1.29 is 9.90 Å². The molecular weight excluding hydrogens is 238 g/mol. The molecule has 1 fully saturated rings. The summed E-state index contributed by atoms with van der Waals surface area (Å²) < 4.78 is 0. The largest absolute Gasteiger partial charge is 0.480 e. The van der Waals surface area contributed by atoms with Crippen LogP contribution in [0.2, 0.25) is 0 Å². The average molecular weight is 261 g/mol. The molecule has 0 aromatic heterocycles. The van der Waals surface area contributed by atoms with Gasteiger partial charge in [0.05, 0.1) is 0 Å². The van der Waals surface area contributed by atoms with Crippen LogP contribution in [0.3, 0.4) is 0 Å². The maximum absolute atomic E-state index is 11.6. The lowest BCUT2D eigenvalue weighted by molar-refractivity contribution is -0.145. The van der Waals surface area contributed by atoms with Crippen molar-refractivity contribution in [3.8, 4) is 0 Å². The van der Waals surface area contributed by atoms with Gasteiger partial charge < -0.3 is 5.11 Å². The van der Waals surface area contributed by atoms with E-state index in [1.165, 1.54) is 5.56 Å². The Bertz CT molecular complexity index is 430. The number of nitrogens with zero attached hydrogens (tertiary/aromatic N) is 1. The lowest BCUT2D eigenvalue weighted by Gasteiger charge is -2.33. The maximum Gasteiger partial charge on any atom is 0.321 e. The van der Waals surface area contributed by atoms with Crippen LogP contribution < -0.4 is 0 Å². The van der Waals surface area contributed by atoms with Gasteiger partial charge in [-0.25, -0.2) is 0 Å². The molecule has 1 unspecified atom stereocenters. The number of carboxylic acids is 1. The minimum atomic E-state index is -0.704. The third kappa shape index (κ3) is 2.98. The average Bonchev–Trinajstić information content (AvgIpc) is 2.71. The molecule has 0 spiro atoms. The van der Waals surface area contributed by atoms with Crippen LogP contribution in [0.4, 0.5) is 0 Å². The van der Waals surface area contributed by atoms with E-state index < -0.39 is 12.0 Å². The van der Waals surface area contributed by atoms with E-state index >= 15 is 0 Å². The van der Waals surface area contributed by atoms with E-state index in [-0.39, 0.29) is 12.0 Å². The van der Waals surface area contributed by atoms with Crippen molar-refractivity contribution in [2.75, 3.05) is 6.54 Å². The first-order valence-electron chi connectivity index (χ1n) is 7.04. The fourth-order valence-corrected chi connectivity index (χ4v) is 3.20. The van der Waals surface area contributed by atoms with Crippen molar-refractivity contribution in [1.29, 1.82) is 0 Å². The Morgan fingerprint density at radius 1 is 1.32 bits per heavy atom. The highest BCUT2D eigenvalue weighted by atomic mass is 16.4. The summed E-state index contributed by atoms with van der Waals surface area (Å²) in [5.41, 5.74) is 1.23. The number of hydrogen-bond donors (Lipinski definition) is 1. The second kappa shape index (κ2) is 5.74. The lowest BCUT2D eigenvalue weighted by atomic mass is 9.98. The van der Waals surface area contributed by atoms with Crippen molar-refractivity contribution in [2.24, 2.45) is 11.8 Å². The van der Waals surface area contributed by atoms with Crippen LogP contribution in [-0.2, 0) is 4.79 Å². The third-order valence-electron chi connectivity index (χ3n) is 3.97. The Balaban J connectivity index is 2.29. The highest BCUT2D eigenvalue weighted by molar-refractivity contribution is 5.74. The molecule has 3 heteroatoms. The maximum atomic E-state index is 11.6. The first-order chi connectivity index (χ1) is 9.00. The zero-order valence-corrected chi connectivity index (χ0v) is 11.9. The Morgan fingerprint density at radius 2 is 1.95 bits per heavy atom. The monoisotopic (exact) mass is 261 g/mol. The molecular formula is C16H23NO2. The molecule has 0 saturated carbocycles. The van der Waals surface area contributed by atoms with Crippen molar-refractivity contribution in [2.45, 2.75) is 39.3 Å². The number of benzene rings is 1. The van der Waals surface area contributed by atoms with Crippen LogP contribution in [0, 0.1) is 11.8 Å². The minimum Gasteiger partial charge on any atom is -0.480 e. The number of carbonyl (C=O) groups is 1. The first-order valence-corrected chi connectivity index (χ1v) is 7.04. The van der Waals surface area contributed by atoms with E-state index in [0.717, 1.165) is 13.0 Å². The topological polar surface area (TPSA) is 40.5 Å². The molecule has 0 amide bonds. The van der Waals surface area contributed by atoms with Crippen LogP contribution in [0.15, 0.2) is 30.3 Å². The molecule has 1 heterocycles. The standard InChI is InChI=1S/C16H23NO2/c1-11(2)15(16(18)19)17-10-12(3)9-14(17)13-7-5-4-6-8-13/h4-8,11-12,14-15H,9-10H2,1-3H3,(H,18,19)/t12?,14-,15+/m1/s1. The zero-order chi connectivity index (χ0) is 14.0. The molecule has 2 rings (SSSR count). The number of rotatable bonds is 4. The number of carboxylic acid groups (broad SMARTS) is 1. The fraction of sp³-hybridized carbons (Fsp3) is 0.562. The third-order valence-corrected chi connectivity index (χ3v) is 3.97. The van der Waals surface area contributed by atoms with Gasteiger partial charge in [0, 0.05) is 12.6 Å². The van der Waals surface area contributed by atoms with Crippen LogP contribution in [0.25, 0.3) is 0 Å². The van der Waals surface area contributed by atoms with Crippen molar-refractivity contribution in [3.63, 3.8) is 0 Å². The quantitative estimate of drug-likeness (QED) is 0.905. The number of aliphatic carboxylic acids is 1. The van der Waals surface area contributed by atoms with Gasteiger partial charge in [0.25, 0.3) is 0 Å². The van der Waals surface area contributed by atoms with Crippen LogP contribution in [0.5, 0.6) is 0 Å². The van der Waals surface area contributed by atoms with Gasteiger partial charge >= 0.3 is 5.97 Å². The Labute approximate surface area is 115 Å². The summed E-state index contributed by atoms with van der Waals surface area (Å²) in [6.45, 7) is 7.05. The molecule has 1 aliphatic rings. The predicted octanol–water partition coefficient (Wildman–Crippen LogP) is 3.18. The predicted molar refractivity (Wildman–Crippen MR) is 75.9 cm³/mol. The highest BCUT2D eigenvalue weighted by Crippen LogP contribution is 2.38. The van der Waals surface area contributed by atoms with Crippen LogP contribution >= 0.6 is 0 Å². The Hall–Kier alpha value is -1.35. The molecule has 3 nitrogen and oxygen atoms in total. The lowest BCUT2D eigenvalue weighted by Crippen LogP contribution is -2.44. The van der Waals surface area contributed by atoms with E-state index in [2.05, 4.69) is 24.0 Å². The van der Waals surface area contributed by atoms with Gasteiger partial charge in [-0.15, -0.1) is 0 Å². The molecule has 19 heavy (non-hydrogen) atoms. The van der Waals surface area contributed by atoms with Crippen LogP contribution in [0.1, 0.15) is 38.8 Å². The SMILES string of the molecule is CC1C[C@H](c2ccccc2)N([C@H](C(=O)O)C(C)C)C1. The van der Waals surface area contributed by atoms with Crippen LogP contribution in [-0.4, -0.2) is 28.6 Å². The molecule has 0 bridgehead atoms. The Morgan fingerprint density at radius 3 is 2.47 bits per heavy atom. The van der Waals surface area contributed by atoms with E-state index in [4.69, 9.17) is 0 Å². The summed E-state index contributed by atoms with van der Waals surface area (Å²) in [6, 6.07) is 10.1. The molecule has 0 radical (unpaired) electrons. The van der Waals surface area contributed by atoms with E-state index in [1.54, 1.807) is 0 Å². The van der Waals surface area contributed by atoms with Gasteiger partial charge in [-0.2, -0.15) is 0 Å². The molecule has 0 aliphatic carbocycles. The summed E-state index contributed by atoms with van der Waals surface area (Å²) in [7, 11) is 0. The second-order valence-corrected chi connectivity index (χ2v) is 5.99. The summed E-state index contributed by atoms with van der Waals surface area (Å²) >= 11 is 0. The Kier molecular flexibility index (Phi) is 4.25. The molecule has 1 aromatic rings. The highest BCUT2D eigenvalue weighted by Gasteiger charge is 2.39. The van der Waals surface area contributed by atoms with Gasteiger partial charge in [-0.1, -0.05) is 51.1 Å². The van der Waals surface area contributed by atoms with Gasteiger partial charge in [-0.05, 0) is 23.8 Å². The second-order valence-electron chi connectivity index (χ2n) is 5.99. The molecule has 104 valence electrons.